The fraction of sp³-hybridized carbons (Fsp3) is 0.364. The number of aromatic nitrogens is 3. The molecule has 0 saturated carbocycles. The standard InChI is InChI=1S/C22H25N7O3/c1-15-3-2-4-16(9-15)11-23-27-19-10-20-25-18(21(30)24-17-13-32-14-17)12-29(20)22(26-19)28-5-7-31-8-6-28/h2-4,9-12,17,27H,5-8,13-14H2,1H3,(H,24,30)/b23-11+. The molecule has 0 spiro atoms. The van der Waals surface area contributed by atoms with Crippen molar-refractivity contribution >= 4 is 29.5 Å². The summed E-state index contributed by atoms with van der Waals surface area (Å²) < 4.78 is 12.5. The third-order valence-corrected chi connectivity index (χ3v) is 5.37. The van der Waals surface area contributed by atoms with E-state index < -0.39 is 0 Å². The molecule has 2 fully saturated rings. The molecule has 0 atom stereocenters. The topological polar surface area (TPSA) is 105 Å². The Balaban J connectivity index is 1.43. The van der Waals surface area contributed by atoms with E-state index in [0.29, 0.717) is 62.6 Å². The van der Waals surface area contributed by atoms with Crippen molar-refractivity contribution in [2.45, 2.75) is 13.0 Å². The van der Waals surface area contributed by atoms with E-state index in [0.717, 1.165) is 5.56 Å². The van der Waals surface area contributed by atoms with Gasteiger partial charge < -0.3 is 19.7 Å². The quantitative estimate of drug-likeness (QED) is 0.446. The van der Waals surface area contributed by atoms with Crippen molar-refractivity contribution in [2.75, 3.05) is 49.8 Å². The monoisotopic (exact) mass is 435 g/mol. The van der Waals surface area contributed by atoms with Gasteiger partial charge >= 0.3 is 0 Å². The molecular weight excluding hydrogens is 410 g/mol. The molecule has 0 unspecified atom stereocenters. The van der Waals surface area contributed by atoms with Crippen LogP contribution in [0.1, 0.15) is 21.6 Å². The van der Waals surface area contributed by atoms with Crippen LogP contribution in [0.3, 0.4) is 0 Å². The second-order valence-electron chi connectivity index (χ2n) is 7.89. The van der Waals surface area contributed by atoms with E-state index in [9.17, 15) is 4.79 Å². The number of nitrogens with zero attached hydrogens (tertiary/aromatic N) is 5. The molecule has 166 valence electrons. The Kier molecular flexibility index (Phi) is 5.70. The van der Waals surface area contributed by atoms with E-state index in [1.165, 1.54) is 5.56 Å². The maximum Gasteiger partial charge on any atom is 0.271 e. The summed E-state index contributed by atoms with van der Waals surface area (Å²) in [6, 6.07) is 9.88. The number of ether oxygens (including phenoxy) is 2. The van der Waals surface area contributed by atoms with Gasteiger partial charge in [0.15, 0.2) is 5.82 Å². The van der Waals surface area contributed by atoms with E-state index in [1.54, 1.807) is 18.5 Å². The third kappa shape index (κ3) is 4.41. The summed E-state index contributed by atoms with van der Waals surface area (Å²) >= 11 is 0. The molecule has 0 bridgehead atoms. The predicted molar refractivity (Wildman–Crippen MR) is 120 cm³/mol. The van der Waals surface area contributed by atoms with Crippen LogP contribution in [0.4, 0.5) is 11.8 Å². The second kappa shape index (κ2) is 8.93. The number of carbonyl (C=O) groups is 1. The minimum absolute atomic E-state index is 0.0392. The van der Waals surface area contributed by atoms with Gasteiger partial charge in [-0.1, -0.05) is 29.8 Å². The summed E-state index contributed by atoms with van der Waals surface area (Å²) in [5, 5.41) is 7.27. The summed E-state index contributed by atoms with van der Waals surface area (Å²) in [5.41, 5.74) is 6.12. The molecule has 10 nitrogen and oxygen atoms in total. The second-order valence-corrected chi connectivity index (χ2v) is 7.89. The lowest BCUT2D eigenvalue weighted by atomic mass is 10.2. The van der Waals surface area contributed by atoms with Gasteiger partial charge in [-0.05, 0) is 12.5 Å². The molecule has 2 N–H and O–H groups in total. The Bertz CT molecular complexity index is 1150. The van der Waals surface area contributed by atoms with Crippen molar-refractivity contribution in [2.24, 2.45) is 5.10 Å². The zero-order chi connectivity index (χ0) is 21.9. The first-order valence-corrected chi connectivity index (χ1v) is 10.6. The van der Waals surface area contributed by atoms with Crippen LogP contribution in [0.2, 0.25) is 0 Å². The van der Waals surface area contributed by atoms with Crippen LogP contribution < -0.4 is 15.6 Å². The molecule has 2 aliphatic heterocycles. The number of rotatable bonds is 6. The summed E-state index contributed by atoms with van der Waals surface area (Å²) in [7, 11) is 0. The Morgan fingerprint density at radius 2 is 2.03 bits per heavy atom. The Labute approximate surface area is 185 Å². The number of hydrogen-bond acceptors (Lipinski definition) is 8. The Morgan fingerprint density at radius 3 is 2.78 bits per heavy atom. The van der Waals surface area contributed by atoms with Crippen LogP contribution in [-0.2, 0) is 9.47 Å². The fourth-order valence-electron chi connectivity index (χ4n) is 3.63. The summed E-state index contributed by atoms with van der Waals surface area (Å²) in [6.07, 6.45) is 3.47. The number of fused-ring (bicyclic) bond motifs is 1. The minimum Gasteiger partial charge on any atom is -0.378 e. The van der Waals surface area contributed by atoms with Crippen LogP contribution in [0.5, 0.6) is 0 Å². The van der Waals surface area contributed by atoms with E-state index in [2.05, 4.69) is 25.7 Å². The highest BCUT2D eigenvalue weighted by molar-refractivity contribution is 5.93. The van der Waals surface area contributed by atoms with Gasteiger partial charge in [-0.25, -0.2) is 4.98 Å². The van der Waals surface area contributed by atoms with Gasteiger partial charge in [0.2, 0.25) is 5.95 Å². The molecule has 1 amide bonds. The third-order valence-electron chi connectivity index (χ3n) is 5.37. The van der Waals surface area contributed by atoms with Gasteiger partial charge in [0.1, 0.15) is 11.3 Å². The van der Waals surface area contributed by atoms with Crippen LogP contribution >= 0.6 is 0 Å². The van der Waals surface area contributed by atoms with Crippen molar-refractivity contribution in [3.8, 4) is 0 Å². The normalized spacial score (nSPS) is 17.0. The largest absolute Gasteiger partial charge is 0.378 e. The smallest absolute Gasteiger partial charge is 0.271 e. The molecule has 10 heteroatoms. The minimum atomic E-state index is -0.220. The highest BCUT2D eigenvalue weighted by Gasteiger charge is 2.24. The molecule has 0 radical (unpaired) electrons. The molecule has 2 aromatic heterocycles. The highest BCUT2D eigenvalue weighted by atomic mass is 16.5. The molecule has 1 aromatic carbocycles. The number of hydrazone groups is 1. The SMILES string of the molecule is Cc1cccc(/C=N/Nc2cc3nc(C(=O)NC4COC4)cn3c(N3CCOCC3)n2)c1. The molecule has 4 heterocycles. The number of morpholine rings is 1. The number of nitrogens with one attached hydrogen (secondary N) is 2. The summed E-state index contributed by atoms with van der Waals surface area (Å²) in [6.45, 7) is 5.76. The first-order valence-electron chi connectivity index (χ1n) is 10.6. The molecule has 5 rings (SSSR count). The molecule has 0 aliphatic carbocycles. The Morgan fingerprint density at radius 1 is 1.19 bits per heavy atom. The lowest BCUT2D eigenvalue weighted by Crippen LogP contribution is -2.48. The molecule has 2 saturated heterocycles. The van der Waals surface area contributed by atoms with E-state index in [4.69, 9.17) is 14.5 Å². The van der Waals surface area contributed by atoms with E-state index in [-0.39, 0.29) is 11.9 Å². The molecule has 2 aliphatic rings. The molecule has 32 heavy (non-hydrogen) atoms. The number of hydrogen-bond donors (Lipinski definition) is 2. The number of amides is 1. The number of imidazole rings is 1. The predicted octanol–water partition coefficient (Wildman–Crippen LogP) is 1.45. The first kappa shape index (κ1) is 20.4. The lowest BCUT2D eigenvalue weighted by Gasteiger charge is -2.28. The maximum absolute atomic E-state index is 12.6. The van der Waals surface area contributed by atoms with Gasteiger partial charge in [-0.2, -0.15) is 10.1 Å². The number of carbonyl (C=O) groups excluding carboxylic acids is 1. The van der Waals surface area contributed by atoms with Crippen molar-refractivity contribution in [3.05, 3.63) is 53.3 Å². The molecule has 3 aromatic rings. The van der Waals surface area contributed by atoms with Crippen LogP contribution in [0.25, 0.3) is 5.65 Å². The van der Waals surface area contributed by atoms with Crippen molar-refractivity contribution in [1.29, 1.82) is 0 Å². The van der Waals surface area contributed by atoms with Crippen molar-refractivity contribution in [1.82, 2.24) is 19.7 Å². The van der Waals surface area contributed by atoms with Crippen LogP contribution in [0.15, 0.2) is 41.6 Å². The van der Waals surface area contributed by atoms with Gasteiger partial charge in [0, 0.05) is 25.4 Å². The summed E-state index contributed by atoms with van der Waals surface area (Å²) in [4.78, 5) is 24.0. The average molecular weight is 435 g/mol. The van der Waals surface area contributed by atoms with Gasteiger partial charge in [-0.3, -0.25) is 14.6 Å². The van der Waals surface area contributed by atoms with Crippen LogP contribution in [-0.4, -0.2) is 72.0 Å². The van der Waals surface area contributed by atoms with E-state index in [1.807, 2.05) is 35.6 Å². The number of benzene rings is 1. The lowest BCUT2D eigenvalue weighted by molar-refractivity contribution is -0.00353. The molecular formula is C22H25N7O3. The highest BCUT2D eigenvalue weighted by Crippen LogP contribution is 2.21. The van der Waals surface area contributed by atoms with Gasteiger partial charge in [0.05, 0.1) is 38.7 Å². The van der Waals surface area contributed by atoms with E-state index >= 15 is 0 Å². The average Bonchev–Trinajstić information content (AvgIpc) is 3.21. The fourth-order valence-corrected chi connectivity index (χ4v) is 3.63. The summed E-state index contributed by atoms with van der Waals surface area (Å²) in [5.74, 6) is 1.02. The Hall–Kier alpha value is -3.50. The van der Waals surface area contributed by atoms with Crippen molar-refractivity contribution in [3.63, 3.8) is 0 Å². The maximum atomic E-state index is 12.6. The zero-order valence-electron chi connectivity index (χ0n) is 17.8. The van der Waals surface area contributed by atoms with Crippen LogP contribution in [0, 0.1) is 6.92 Å². The van der Waals surface area contributed by atoms with Crippen molar-refractivity contribution < 1.29 is 14.3 Å². The van der Waals surface area contributed by atoms with Gasteiger partial charge in [-0.15, -0.1) is 0 Å². The zero-order valence-corrected chi connectivity index (χ0v) is 17.8. The first-order chi connectivity index (χ1) is 15.7. The van der Waals surface area contributed by atoms with Gasteiger partial charge in [0.25, 0.3) is 5.91 Å². The number of anilines is 2. The number of aryl methyl sites for hydroxylation is 1.